The molecule has 0 aliphatic carbocycles. The minimum Gasteiger partial charge on any atom is -0.491 e. The fourth-order valence-corrected chi connectivity index (χ4v) is 1.89. The Bertz CT molecular complexity index is 398. The van der Waals surface area contributed by atoms with E-state index in [2.05, 4.69) is 0 Å². The molecular formula is C18H30O4. The quantitative estimate of drug-likeness (QED) is 0.653. The molecule has 1 atom stereocenters. The van der Waals surface area contributed by atoms with E-state index >= 15 is 0 Å². The normalized spacial score (nSPS) is 13.0. The van der Waals surface area contributed by atoms with Gasteiger partial charge >= 0.3 is 0 Å². The van der Waals surface area contributed by atoms with Crippen molar-refractivity contribution in [2.45, 2.75) is 66.0 Å². The first-order valence-electron chi connectivity index (χ1n) is 8.03. The number of hydrogen-bond acceptors (Lipinski definition) is 4. The van der Waals surface area contributed by atoms with Gasteiger partial charge in [0.2, 0.25) is 0 Å². The zero-order valence-corrected chi connectivity index (χ0v) is 14.7. The zero-order chi connectivity index (χ0) is 16.5. The maximum Gasteiger partial charge on any atom is 0.119 e. The van der Waals surface area contributed by atoms with Crippen molar-refractivity contribution in [2.75, 3.05) is 13.2 Å². The summed E-state index contributed by atoms with van der Waals surface area (Å²) in [6, 6.07) is 7.65. The van der Waals surface area contributed by atoms with Gasteiger partial charge in [0.05, 0.1) is 24.9 Å². The van der Waals surface area contributed by atoms with Crippen LogP contribution in [0.3, 0.4) is 0 Å². The van der Waals surface area contributed by atoms with Crippen molar-refractivity contribution in [1.29, 1.82) is 0 Å². The van der Waals surface area contributed by atoms with E-state index in [1.807, 2.05) is 65.8 Å². The highest BCUT2D eigenvalue weighted by Crippen LogP contribution is 2.19. The molecule has 0 bridgehead atoms. The molecule has 0 saturated heterocycles. The molecule has 126 valence electrons. The molecule has 0 spiro atoms. The Hall–Kier alpha value is -1.26. The van der Waals surface area contributed by atoms with Crippen molar-refractivity contribution >= 4 is 0 Å². The van der Waals surface area contributed by atoms with Gasteiger partial charge < -0.3 is 18.9 Å². The van der Waals surface area contributed by atoms with Crippen LogP contribution in [0, 0.1) is 0 Å². The van der Waals surface area contributed by atoms with E-state index in [4.69, 9.17) is 18.9 Å². The van der Waals surface area contributed by atoms with Gasteiger partial charge in [0.1, 0.15) is 24.2 Å². The van der Waals surface area contributed by atoms with E-state index in [0.717, 1.165) is 11.5 Å². The lowest BCUT2D eigenvalue weighted by molar-refractivity contribution is -0.0741. The van der Waals surface area contributed by atoms with Gasteiger partial charge in [0.15, 0.2) is 0 Å². The lowest BCUT2D eigenvalue weighted by Gasteiger charge is -2.22. The van der Waals surface area contributed by atoms with Crippen molar-refractivity contribution in [3.8, 4) is 11.5 Å². The molecule has 1 aromatic rings. The summed E-state index contributed by atoms with van der Waals surface area (Å²) in [7, 11) is 0. The van der Waals surface area contributed by atoms with Crippen LogP contribution in [0.1, 0.15) is 41.5 Å². The summed E-state index contributed by atoms with van der Waals surface area (Å²) in [5.41, 5.74) is 0. The van der Waals surface area contributed by atoms with Crippen LogP contribution >= 0.6 is 0 Å². The lowest BCUT2D eigenvalue weighted by atomic mass is 10.3. The fourth-order valence-electron chi connectivity index (χ4n) is 1.89. The minimum absolute atomic E-state index is 0.0750. The first-order valence-corrected chi connectivity index (χ1v) is 8.03. The van der Waals surface area contributed by atoms with Gasteiger partial charge in [-0.05, 0) is 65.8 Å². The largest absolute Gasteiger partial charge is 0.491 e. The second-order valence-corrected chi connectivity index (χ2v) is 6.14. The Morgan fingerprint density at radius 1 is 0.727 bits per heavy atom. The van der Waals surface area contributed by atoms with Crippen molar-refractivity contribution in [1.82, 2.24) is 0 Å². The number of ether oxygens (including phenoxy) is 4. The van der Waals surface area contributed by atoms with Crippen LogP contribution in [0.25, 0.3) is 0 Å². The van der Waals surface area contributed by atoms with Crippen molar-refractivity contribution in [3.63, 3.8) is 0 Å². The molecule has 4 nitrogen and oxygen atoms in total. The van der Waals surface area contributed by atoms with Crippen LogP contribution in [0.4, 0.5) is 0 Å². The van der Waals surface area contributed by atoms with E-state index in [-0.39, 0.29) is 24.4 Å². The second kappa shape index (κ2) is 9.70. The Morgan fingerprint density at radius 2 is 1.32 bits per heavy atom. The van der Waals surface area contributed by atoms with E-state index in [1.165, 1.54) is 0 Å². The van der Waals surface area contributed by atoms with E-state index in [9.17, 15) is 0 Å². The molecule has 0 aromatic heterocycles. The molecule has 4 heteroatoms. The van der Waals surface area contributed by atoms with Gasteiger partial charge in [-0.25, -0.2) is 0 Å². The minimum atomic E-state index is -0.0750. The van der Waals surface area contributed by atoms with Crippen molar-refractivity contribution in [2.24, 2.45) is 0 Å². The monoisotopic (exact) mass is 310 g/mol. The lowest BCUT2D eigenvalue weighted by Crippen LogP contribution is -2.31. The standard InChI is InChI=1S/C18H30O4/c1-13(2)19-11-18(22-15(5)6)12-20-16-7-9-17(10-8-16)21-14(3)4/h7-10,13-15,18H,11-12H2,1-6H3. The molecule has 0 N–H and O–H groups in total. The van der Waals surface area contributed by atoms with Gasteiger partial charge in [-0.1, -0.05) is 0 Å². The van der Waals surface area contributed by atoms with Crippen LogP contribution in [-0.2, 0) is 9.47 Å². The third kappa shape index (κ3) is 8.25. The molecule has 22 heavy (non-hydrogen) atoms. The molecule has 0 aliphatic rings. The average Bonchev–Trinajstić information content (AvgIpc) is 2.42. The maximum atomic E-state index is 5.82. The topological polar surface area (TPSA) is 36.9 Å². The first kappa shape index (κ1) is 18.8. The van der Waals surface area contributed by atoms with Crippen LogP contribution < -0.4 is 9.47 Å². The van der Waals surface area contributed by atoms with Crippen LogP contribution in [0.5, 0.6) is 11.5 Å². The summed E-state index contributed by atoms with van der Waals surface area (Å²) in [5, 5.41) is 0. The Kier molecular flexibility index (Phi) is 8.28. The highest BCUT2D eigenvalue weighted by molar-refractivity contribution is 5.31. The average molecular weight is 310 g/mol. The molecule has 1 aromatic carbocycles. The third-order valence-corrected chi connectivity index (χ3v) is 2.71. The Balaban J connectivity index is 2.48. The Labute approximate surface area is 134 Å². The first-order chi connectivity index (χ1) is 10.4. The predicted molar refractivity (Wildman–Crippen MR) is 88.8 cm³/mol. The van der Waals surface area contributed by atoms with Crippen LogP contribution in [-0.4, -0.2) is 37.6 Å². The van der Waals surface area contributed by atoms with Crippen molar-refractivity contribution in [3.05, 3.63) is 24.3 Å². The maximum absolute atomic E-state index is 5.82. The number of benzene rings is 1. The summed E-state index contributed by atoms with van der Waals surface area (Å²) in [5.74, 6) is 1.65. The summed E-state index contributed by atoms with van der Waals surface area (Å²) < 4.78 is 22.9. The Morgan fingerprint density at radius 3 is 1.82 bits per heavy atom. The smallest absolute Gasteiger partial charge is 0.119 e. The zero-order valence-electron chi connectivity index (χ0n) is 14.7. The van der Waals surface area contributed by atoms with E-state index < -0.39 is 0 Å². The summed E-state index contributed by atoms with van der Waals surface area (Å²) in [6.45, 7) is 13.1. The summed E-state index contributed by atoms with van der Waals surface area (Å²) in [4.78, 5) is 0. The fraction of sp³-hybridized carbons (Fsp3) is 0.667. The van der Waals surface area contributed by atoms with Gasteiger partial charge in [-0.3, -0.25) is 0 Å². The molecule has 0 aliphatic heterocycles. The number of rotatable bonds is 10. The SMILES string of the molecule is CC(C)OCC(COc1ccc(OC(C)C)cc1)OC(C)C. The van der Waals surface area contributed by atoms with Gasteiger partial charge in [-0.2, -0.15) is 0 Å². The second-order valence-electron chi connectivity index (χ2n) is 6.14. The molecule has 0 amide bonds. The molecule has 1 rings (SSSR count). The molecule has 1 unspecified atom stereocenters. The summed E-state index contributed by atoms with van der Waals surface area (Å²) >= 11 is 0. The molecule has 0 heterocycles. The molecule has 0 saturated carbocycles. The molecular weight excluding hydrogens is 280 g/mol. The summed E-state index contributed by atoms with van der Waals surface area (Å²) in [6.07, 6.45) is 0.426. The highest BCUT2D eigenvalue weighted by Gasteiger charge is 2.13. The van der Waals surface area contributed by atoms with Crippen LogP contribution in [0.15, 0.2) is 24.3 Å². The van der Waals surface area contributed by atoms with Gasteiger partial charge in [0.25, 0.3) is 0 Å². The van der Waals surface area contributed by atoms with E-state index in [1.54, 1.807) is 0 Å². The van der Waals surface area contributed by atoms with Crippen LogP contribution in [0.2, 0.25) is 0 Å². The van der Waals surface area contributed by atoms with Gasteiger partial charge in [0, 0.05) is 0 Å². The molecule has 0 radical (unpaired) electrons. The molecule has 0 fully saturated rings. The van der Waals surface area contributed by atoms with Gasteiger partial charge in [-0.15, -0.1) is 0 Å². The van der Waals surface area contributed by atoms with Crippen molar-refractivity contribution < 1.29 is 18.9 Å². The van der Waals surface area contributed by atoms with E-state index in [0.29, 0.717) is 13.2 Å². The highest BCUT2D eigenvalue weighted by atomic mass is 16.6. The predicted octanol–water partition coefficient (Wildman–Crippen LogP) is 4.07. The third-order valence-electron chi connectivity index (χ3n) is 2.71. The number of hydrogen-bond donors (Lipinski definition) is 0.